The number of carbonyl (C=O) groups is 1. The van der Waals surface area contributed by atoms with Gasteiger partial charge in [0.1, 0.15) is 0 Å². The Balaban J connectivity index is 1.78. The highest BCUT2D eigenvalue weighted by molar-refractivity contribution is 7.12. The summed E-state index contributed by atoms with van der Waals surface area (Å²) in [5, 5.41) is 2.68. The lowest BCUT2D eigenvalue weighted by atomic mass is 10.1. The predicted molar refractivity (Wildman–Crippen MR) is 105 cm³/mol. The van der Waals surface area contributed by atoms with Crippen LogP contribution in [0.15, 0.2) is 33.6 Å². The second-order valence-corrected chi connectivity index (χ2v) is 7.48. The number of rotatable bonds is 4. The maximum Gasteiger partial charge on any atom is 0.332 e. The number of hydrogen-bond acceptors (Lipinski definition) is 6. The zero-order valence-corrected chi connectivity index (χ0v) is 16.6. The molecule has 9 nitrogen and oxygen atoms in total. The molecular weight excluding hydrogens is 380 g/mol. The Kier molecular flexibility index (Phi) is 4.15. The smallest absolute Gasteiger partial charge is 0.317 e. The van der Waals surface area contributed by atoms with E-state index in [1.54, 1.807) is 13.2 Å². The van der Waals surface area contributed by atoms with Crippen LogP contribution < -0.4 is 11.2 Å². The van der Waals surface area contributed by atoms with Gasteiger partial charge in [-0.05, 0) is 19.9 Å². The summed E-state index contributed by atoms with van der Waals surface area (Å²) in [6, 6.07) is 1.83. The molecule has 4 aromatic heterocycles. The molecule has 0 aliphatic carbocycles. The van der Waals surface area contributed by atoms with Crippen molar-refractivity contribution in [2.24, 2.45) is 14.1 Å². The fourth-order valence-corrected chi connectivity index (χ4v) is 4.17. The number of carbonyl (C=O) groups excluding carboxylic acids is 1. The zero-order chi connectivity index (χ0) is 20.2. The van der Waals surface area contributed by atoms with Gasteiger partial charge in [-0.2, -0.15) is 0 Å². The van der Waals surface area contributed by atoms with E-state index < -0.39 is 11.2 Å². The average Bonchev–Trinajstić information content (AvgIpc) is 3.38. The van der Waals surface area contributed by atoms with Crippen molar-refractivity contribution in [3.8, 4) is 5.13 Å². The van der Waals surface area contributed by atoms with Gasteiger partial charge in [0, 0.05) is 42.6 Å². The number of thiazole rings is 1. The highest BCUT2D eigenvalue weighted by Gasteiger charge is 2.20. The summed E-state index contributed by atoms with van der Waals surface area (Å²) < 4.78 is 5.74. The summed E-state index contributed by atoms with van der Waals surface area (Å²) >= 11 is 1.49. The molecule has 10 heteroatoms. The van der Waals surface area contributed by atoms with Crippen LogP contribution in [-0.4, -0.2) is 34.0 Å². The Morgan fingerprint density at radius 1 is 1.14 bits per heavy atom. The SMILES string of the molecule is Cc1cc(C(=O)Cn2cnc3c2c(=O)n(C)c(=O)n3C)c(C)n1-c1nccs1. The van der Waals surface area contributed by atoms with E-state index in [0.717, 1.165) is 21.1 Å². The topological polar surface area (TPSA) is 96.7 Å². The van der Waals surface area contributed by atoms with E-state index >= 15 is 0 Å². The van der Waals surface area contributed by atoms with Gasteiger partial charge in [0.25, 0.3) is 5.56 Å². The molecule has 0 spiro atoms. The van der Waals surface area contributed by atoms with Crippen molar-refractivity contribution in [3.05, 3.63) is 61.8 Å². The molecule has 0 aliphatic rings. The molecule has 0 N–H and O–H groups in total. The van der Waals surface area contributed by atoms with E-state index in [2.05, 4.69) is 9.97 Å². The number of aryl methyl sites for hydroxylation is 2. The second-order valence-electron chi connectivity index (χ2n) is 6.61. The minimum atomic E-state index is -0.475. The Labute approximate surface area is 163 Å². The zero-order valence-electron chi connectivity index (χ0n) is 15.8. The van der Waals surface area contributed by atoms with Crippen molar-refractivity contribution in [3.63, 3.8) is 0 Å². The molecule has 0 radical (unpaired) electrons. The summed E-state index contributed by atoms with van der Waals surface area (Å²) in [6.45, 7) is 3.74. The molecule has 4 aromatic rings. The second kappa shape index (κ2) is 6.41. The summed E-state index contributed by atoms with van der Waals surface area (Å²) in [5.74, 6) is -0.147. The van der Waals surface area contributed by atoms with Gasteiger partial charge >= 0.3 is 5.69 Å². The lowest BCUT2D eigenvalue weighted by molar-refractivity contribution is 0.0972. The van der Waals surface area contributed by atoms with Crippen LogP contribution in [0.3, 0.4) is 0 Å². The van der Waals surface area contributed by atoms with Gasteiger partial charge in [0.05, 0.1) is 12.9 Å². The van der Waals surface area contributed by atoms with Crippen molar-refractivity contribution in [2.45, 2.75) is 20.4 Å². The molecule has 0 saturated carbocycles. The fourth-order valence-electron chi connectivity index (χ4n) is 3.42. The minimum absolute atomic E-state index is 0.0495. The van der Waals surface area contributed by atoms with Gasteiger partial charge in [-0.25, -0.2) is 14.8 Å². The van der Waals surface area contributed by atoms with Gasteiger partial charge < -0.3 is 4.57 Å². The average molecular weight is 398 g/mol. The van der Waals surface area contributed by atoms with Gasteiger partial charge in [0.15, 0.2) is 22.1 Å². The van der Waals surface area contributed by atoms with Crippen LogP contribution in [0.5, 0.6) is 0 Å². The Morgan fingerprint density at radius 3 is 2.57 bits per heavy atom. The molecule has 28 heavy (non-hydrogen) atoms. The molecule has 4 rings (SSSR count). The van der Waals surface area contributed by atoms with E-state index in [9.17, 15) is 14.4 Å². The number of aromatic nitrogens is 6. The Bertz CT molecular complexity index is 1340. The van der Waals surface area contributed by atoms with Crippen molar-refractivity contribution in [2.75, 3.05) is 0 Å². The molecule has 144 valence electrons. The number of fused-ring (bicyclic) bond motifs is 1. The molecule has 0 aliphatic heterocycles. The van der Waals surface area contributed by atoms with E-state index in [0.29, 0.717) is 5.56 Å². The van der Waals surface area contributed by atoms with Gasteiger partial charge in [-0.1, -0.05) is 0 Å². The van der Waals surface area contributed by atoms with Crippen LogP contribution in [-0.2, 0) is 20.6 Å². The quantitative estimate of drug-likeness (QED) is 0.481. The normalized spacial score (nSPS) is 11.4. The van der Waals surface area contributed by atoms with Gasteiger partial charge in [0.2, 0.25) is 0 Å². The van der Waals surface area contributed by atoms with Gasteiger partial charge in [-0.3, -0.25) is 23.3 Å². The molecule has 0 atom stereocenters. The van der Waals surface area contributed by atoms with Crippen LogP contribution in [0.1, 0.15) is 21.7 Å². The first-order chi connectivity index (χ1) is 13.3. The first-order valence-electron chi connectivity index (χ1n) is 8.54. The van der Waals surface area contributed by atoms with Crippen molar-refractivity contribution in [1.29, 1.82) is 0 Å². The summed E-state index contributed by atoms with van der Waals surface area (Å²) in [7, 11) is 2.95. The summed E-state index contributed by atoms with van der Waals surface area (Å²) in [4.78, 5) is 46.1. The minimum Gasteiger partial charge on any atom is -0.317 e. The maximum absolute atomic E-state index is 13.0. The lowest BCUT2D eigenvalue weighted by Crippen LogP contribution is -2.37. The van der Waals surface area contributed by atoms with Crippen LogP contribution in [0.4, 0.5) is 0 Å². The number of hydrogen-bond donors (Lipinski definition) is 0. The molecule has 0 saturated heterocycles. The highest BCUT2D eigenvalue weighted by atomic mass is 32.1. The van der Waals surface area contributed by atoms with E-state index in [-0.39, 0.29) is 23.5 Å². The predicted octanol–water partition coefficient (Wildman–Crippen LogP) is 1.18. The van der Waals surface area contributed by atoms with Crippen LogP contribution >= 0.6 is 11.3 Å². The van der Waals surface area contributed by atoms with Crippen LogP contribution in [0.25, 0.3) is 16.3 Å². The maximum atomic E-state index is 13.0. The largest absolute Gasteiger partial charge is 0.332 e. The molecule has 0 fully saturated rings. The fraction of sp³-hybridized carbons (Fsp3) is 0.278. The molecule has 0 aromatic carbocycles. The molecule has 0 bridgehead atoms. The number of nitrogens with zero attached hydrogens (tertiary/aromatic N) is 6. The van der Waals surface area contributed by atoms with Crippen LogP contribution in [0, 0.1) is 13.8 Å². The van der Waals surface area contributed by atoms with Crippen molar-refractivity contribution >= 4 is 28.3 Å². The number of ketones is 1. The third kappa shape index (κ3) is 2.56. The standard InChI is InChI=1S/C18H18N6O3S/c1-10-7-12(11(2)24(10)17-19-5-6-28-17)13(25)8-23-9-20-15-14(23)16(26)22(4)18(27)21(15)3/h5-7,9H,8H2,1-4H3. The van der Waals surface area contributed by atoms with Gasteiger partial charge in [-0.15, -0.1) is 11.3 Å². The molecule has 0 unspecified atom stereocenters. The third-order valence-electron chi connectivity index (χ3n) is 4.87. The number of imidazole rings is 1. The first-order valence-corrected chi connectivity index (χ1v) is 9.42. The molecule has 4 heterocycles. The molecule has 0 amide bonds. The molecular formula is C18H18N6O3S. The van der Waals surface area contributed by atoms with Crippen molar-refractivity contribution in [1.82, 2.24) is 28.2 Å². The van der Waals surface area contributed by atoms with Crippen LogP contribution in [0.2, 0.25) is 0 Å². The highest BCUT2D eigenvalue weighted by Crippen LogP contribution is 2.23. The summed E-state index contributed by atoms with van der Waals surface area (Å²) in [6.07, 6.45) is 3.14. The Hall–Kier alpha value is -3.27. The van der Waals surface area contributed by atoms with Crippen molar-refractivity contribution < 1.29 is 4.79 Å². The van der Waals surface area contributed by atoms with E-state index in [1.807, 2.05) is 29.9 Å². The summed E-state index contributed by atoms with van der Waals surface area (Å²) in [5.41, 5.74) is 1.82. The number of Topliss-reactive ketones (excluding diaryl/α,β-unsaturated/α-hetero) is 1. The van der Waals surface area contributed by atoms with E-state index in [4.69, 9.17) is 0 Å². The monoisotopic (exact) mass is 398 g/mol. The lowest BCUT2D eigenvalue weighted by Gasteiger charge is -2.07. The first kappa shape index (κ1) is 18.1. The third-order valence-corrected chi connectivity index (χ3v) is 5.63. The Morgan fingerprint density at radius 2 is 1.89 bits per heavy atom. The van der Waals surface area contributed by atoms with E-state index in [1.165, 1.54) is 33.8 Å².